The van der Waals surface area contributed by atoms with E-state index >= 15 is 0 Å². The lowest BCUT2D eigenvalue weighted by Crippen LogP contribution is -2.27. The summed E-state index contributed by atoms with van der Waals surface area (Å²) in [6, 6.07) is 13.8. The summed E-state index contributed by atoms with van der Waals surface area (Å²) in [6.45, 7) is 1.68. The molecule has 3 nitrogen and oxygen atoms in total. The summed E-state index contributed by atoms with van der Waals surface area (Å²) in [4.78, 5) is 13.6. The Morgan fingerprint density at radius 1 is 1.05 bits per heavy atom. The molecule has 0 aromatic heterocycles. The van der Waals surface area contributed by atoms with Gasteiger partial charge in [0.2, 0.25) is 0 Å². The average Bonchev–Trinajstić information content (AvgIpc) is 2.69. The zero-order chi connectivity index (χ0) is 14.8. The van der Waals surface area contributed by atoms with Gasteiger partial charge in [-0.3, -0.25) is 0 Å². The monoisotopic (exact) mass is 345 g/mol. The fourth-order valence-corrected chi connectivity index (χ4v) is 3.21. The average molecular weight is 346 g/mol. The van der Waals surface area contributed by atoms with E-state index in [2.05, 4.69) is 45.1 Å². The van der Waals surface area contributed by atoms with Crippen LogP contribution in [-0.2, 0) is 12.8 Å². The van der Waals surface area contributed by atoms with E-state index in [0.717, 1.165) is 36.1 Å². The Morgan fingerprint density at radius 3 is 2.24 bits per heavy atom. The molecule has 0 unspecified atom stereocenters. The maximum atomic E-state index is 11.4. The quantitative estimate of drug-likeness (QED) is 0.900. The van der Waals surface area contributed by atoms with Crippen LogP contribution in [0, 0.1) is 0 Å². The molecule has 0 radical (unpaired) electrons. The Hall–Kier alpha value is -1.81. The Bertz CT molecular complexity index is 657. The van der Waals surface area contributed by atoms with Crippen molar-refractivity contribution in [3.05, 3.63) is 63.6 Å². The molecular weight excluding hydrogens is 330 g/mol. The SMILES string of the molecule is O=C(O)c1ccc(Br)cc1N1CCc2ccccc2CC1. The minimum atomic E-state index is -0.876. The molecule has 3 rings (SSSR count). The first-order valence-corrected chi connectivity index (χ1v) is 7.79. The van der Waals surface area contributed by atoms with Gasteiger partial charge in [0.05, 0.1) is 11.3 Å². The fourth-order valence-electron chi connectivity index (χ4n) is 2.86. The van der Waals surface area contributed by atoms with Crippen LogP contribution < -0.4 is 4.90 Å². The lowest BCUT2D eigenvalue weighted by molar-refractivity contribution is 0.0697. The normalized spacial score (nSPS) is 14.4. The number of benzene rings is 2. The highest BCUT2D eigenvalue weighted by molar-refractivity contribution is 9.10. The van der Waals surface area contributed by atoms with Crippen molar-refractivity contribution >= 4 is 27.6 Å². The van der Waals surface area contributed by atoms with Crippen LogP contribution in [0.1, 0.15) is 21.5 Å². The summed E-state index contributed by atoms with van der Waals surface area (Å²) >= 11 is 3.44. The van der Waals surface area contributed by atoms with Gasteiger partial charge < -0.3 is 10.0 Å². The highest BCUT2D eigenvalue weighted by atomic mass is 79.9. The van der Waals surface area contributed by atoms with Gasteiger partial charge in [0.1, 0.15) is 0 Å². The van der Waals surface area contributed by atoms with Gasteiger partial charge in [-0.2, -0.15) is 0 Å². The molecule has 1 aliphatic heterocycles. The summed E-state index contributed by atoms with van der Waals surface area (Å²) < 4.78 is 0.907. The number of carbonyl (C=O) groups is 1. The third kappa shape index (κ3) is 2.95. The van der Waals surface area contributed by atoms with Gasteiger partial charge in [0, 0.05) is 17.6 Å². The Labute approximate surface area is 132 Å². The zero-order valence-corrected chi connectivity index (χ0v) is 13.1. The number of halogens is 1. The van der Waals surface area contributed by atoms with Crippen LogP contribution in [0.15, 0.2) is 46.9 Å². The van der Waals surface area contributed by atoms with Crippen molar-refractivity contribution in [1.29, 1.82) is 0 Å². The van der Waals surface area contributed by atoms with Gasteiger partial charge in [0.25, 0.3) is 0 Å². The number of fused-ring (bicyclic) bond motifs is 1. The van der Waals surface area contributed by atoms with Crippen molar-refractivity contribution in [3.63, 3.8) is 0 Å². The smallest absolute Gasteiger partial charge is 0.337 e. The molecule has 0 saturated carbocycles. The molecule has 0 amide bonds. The molecule has 2 aromatic carbocycles. The lowest BCUT2D eigenvalue weighted by atomic mass is 10.0. The second kappa shape index (κ2) is 5.90. The van der Waals surface area contributed by atoms with E-state index in [1.165, 1.54) is 11.1 Å². The van der Waals surface area contributed by atoms with Gasteiger partial charge in [-0.25, -0.2) is 4.79 Å². The van der Waals surface area contributed by atoms with Crippen LogP contribution in [0.3, 0.4) is 0 Å². The molecule has 108 valence electrons. The summed E-state index contributed by atoms with van der Waals surface area (Å²) in [5.41, 5.74) is 3.90. The molecule has 0 atom stereocenters. The number of anilines is 1. The number of hydrogen-bond donors (Lipinski definition) is 1. The number of hydrogen-bond acceptors (Lipinski definition) is 2. The Balaban J connectivity index is 1.93. The second-order valence-electron chi connectivity index (χ2n) is 5.22. The Morgan fingerprint density at radius 2 is 1.67 bits per heavy atom. The molecule has 4 heteroatoms. The first-order chi connectivity index (χ1) is 10.1. The highest BCUT2D eigenvalue weighted by Gasteiger charge is 2.19. The molecule has 1 heterocycles. The number of nitrogens with zero attached hydrogens (tertiary/aromatic N) is 1. The maximum absolute atomic E-state index is 11.4. The Kier molecular flexibility index (Phi) is 3.97. The van der Waals surface area contributed by atoms with Crippen LogP contribution in [0.5, 0.6) is 0 Å². The molecule has 0 saturated heterocycles. The van der Waals surface area contributed by atoms with E-state index in [1.807, 2.05) is 6.07 Å². The summed E-state index contributed by atoms with van der Waals surface area (Å²) in [5.74, 6) is -0.876. The number of carboxylic acid groups (broad SMARTS) is 1. The molecule has 21 heavy (non-hydrogen) atoms. The largest absolute Gasteiger partial charge is 0.478 e. The number of aromatic carboxylic acids is 1. The van der Waals surface area contributed by atoms with Gasteiger partial charge in [0.15, 0.2) is 0 Å². The highest BCUT2D eigenvalue weighted by Crippen LogP contribution is 2.27. The number of rotatable bonds is 2. The molecule has 0 spiro atoms. The third-order valence-corrected chi connectivity index (χ3v) is 4.44. The van der Waals surface area contributed by atoms with E-state index in [1.54, 1.807) is 12.1 Å². The molecule has 0 bridgehead atoms. The summed E-state index contributed by atoms with van der Waals surface area (Å²) in [7, 11) is 0. The molecule has 1 N–H and O–H groups in total. The van der Waals surface area contributed by atoms with Crippen molar-refractivity contribution in [2.45, 2.75) is 12.8 Å². The van der Waals surface area contributed by atoms with E-state index in [4.69, 9.17) is 0 Å². The second-order valence-corrected chi connectivity index (χ2v) is 6.14. The van der Waals surface area contributed by atoms with Crippen molar-refractivity contribution in [1.82, 2.24) is 0 Å². The van der Waals surface area contributed by atoms with Crippen molar-refractivity contribution < 1.29 is 9.90 Å². The van der Waals surface area contributed by atoms with Gasteiger partial charge in [-0.15, -0.1) is 0 Å². The van der Waals surface area contributed by atoms with Crippen LogP contribution in [0.4, 0.5) is 5.69 Å². The van der Waals surface area contributed by atoms with Gasteiger partial charge >= 0.3 is 5.97 Å². The van der Waals surface area contributed by atoms with Crippen molar-refractivity contribution in [2.75, 3.05) is 18.0 Å². The van der Waals surface area contributed by atoms with Gasteiger partial charge in [-0.1, -0.05) is 40.2 Å². The minimum absolute atomic E-state index is 0.365. The van der Waals surface area contributed by atoms with E-state index in [9.17, 15) is 9.90 Å². The maximum Gasteiger partial charge on any atom is 0.337 e. The van der Waals surface area contributed by atoms with Crippen LogP contribution in [0.2, 0.25) is 0 Å². The molecular formula is C17H16BrNO2. The molecule has 1 aliphatic rings. The predicted molar refractivity (Wildman–Crippen MR) is 87.2 cm³/mol. The fraction of sp³-hybridized carbons (Fsp3) is 0.235. The van der Waals surface area contributed by atoms with E-state index in [-0.39, 0.29) is 0 Å². The summed E-state index contributed by atoms with van der Waals surface area (Å²) in [6.07, 6.45) is 1.89. The topological polar surface area (TPSA) is 40.5 Å². The zero-order valence-electron chi connectivity index (χ0n) is 11.6. The first-order valence-electron chi connectivity index (χ1n) is 7.00. The molecule has 0 aliphatic carbocycles. The number of carboxylic acids is 1. The van der Waals surface area contributed by atoms with Crippen LogP contribution >= 0.6 is 15.9 Å². The standard InChI is InChI=1S/C17H16BrNO2/c18-14-5-6-15(17(20)21)16(11-14)19-9-7-12-3-1-2-4-13(12)8-10-19/h1-6,11H,7-10H2,(H,20,21). The van der Waals surface area contributed by atoms with Crippen molar-refractivity contribution in [2.24, 2.45) is 0 Å². The molecule has 0 fully saturated rings. The minimum Gasteiger partial charge on any atom is -0.478 e. The first kappa shape index (κ1) is 14.1. The van der Waals surface area contributed by atoms with E-state index < -0.39 is 5.97 Å². The predicted octanol–water partition coefficient (Wildman–Crippen LogP) is 3.75. The van der Waals surface area contributed by atoms with Crippen molar-refractivity contribution in [3.8, 4) is 0 Å². The molecule has 2 aromatic rings. The van der Waals surface area contributed by atoms with E-state index in [0.29, 0.717) is 5.56 Å². The lowest BCUT2D eigenvalue weighted by Gasteiger charge is -2.24. The third-order valence-electron chi connectivity index (χ3n) is 3.95. The van der Waals surface area contributed by atoms with Crippen LogP contribution in [0.25, 0.3) is 0 Å². The summed E-state index contributed by atoms with van der Waals surface area (Å²) in [5, 5.41) is 9.39. The van der Waals surface area contributed by atoms with Crippen LogP contribution in [-0.4, -0.2) is 24.2 Å². The van der Waals surface area contributed by atoms with Gasteiger partial charge in [-0.05, 0) is 42.2 Å².